The molecule has 0 aliphatic rings. The van der Waals surface area contributed by atoms with Gasteiger partial charge in [0.1, 0.15) is 24.0 Å². The van der Waals surface area contributed by atoms with E-state index in [1.54, 1.807) is 19.1 Å². The summed E-state index contributed by atoms with van der Waals surface area (Å²) in [6, 6.07) is 11.2. The number of aryl methyl sites for hydroxylation is 1. The molecule has 1 heterocycles. The number of nitrogens with zero attached hydrogens (tertiary/aromatic N) is 2. The van der Waals surface area contributed by atoms with Crippen LogP contribution < -0.4 is 10.9 Å². The average molecular weight is 399 g/mol. The molecule has 2 aromatic carbocycles. The molecule has 0 radical (unpaired) electrons. The molecule has 0 unspecified atom stereocenters. The van der Waals surface area contributed by atoms with Gasteiger partial charge in [-0.3, -0.25) is 14.2 Å². The number of rotatable bonds is 6. The Morgan fingerprint density at radius 1 is 1.17 bits per heavy atom. The summed E-state index contributed by atoms with van der Waals surface area (Å²) in [4.78, 5) is 29.9. The molecule has 0 bridgehead atoms. The Labute approximate surface area is 165 Å². The molecule has 2 N–H and O–H groups in total. The number of hydrogen-bond donors (Lipinski definition) is 2. The van der Waals surface area contributed by atoms with Crippen molar-refractivity contribution < 1.29 is 18.7 Å². The Bertz CT molecular complexity index is 1110. The molecule has 1 aromatic heterocycles. The van der Waals surface area contributed by atoms with Crippen LogP contribution in [0.25, 0.3) is 11.4 Å². The number of benzene rings is 2. The third kappa shape index (κ3) is 4.55. The number of hydrogen-bond acceptors (Lipinski definition) is 4. The van der Waals surface area contributed by atoms with Crippen molar-refractivity contribution in [1.29, 1.82) is 0 Å². The van der Waals surface area contributed by atoms with Crippen LogP contribution in [0.3, 0.4) is 0 Å². The molecule has 150 valence electrons. The minimum atomic E-state index is -0.643. The van der Waals surface area contributed by atoms with Gasteiger partial charge in [-0.2, -0.15) is 0 Å². The molecule has 8 heteroatoms. The zero-order chi connectivity index (χ0) is 21.0. The van der Waals surface area contributed by atoms with Crippen molar-refractivity contribution in [2.75, 3.05) is 11.9 Å². The van der Waals surface area contributed by atoms with Crippen molar-refractivity contribution >= 4 is 11.6 Å². The molecule has 1 amide bonds. The second-order valence-corrected chi connectivity index (χ2v) is 6.40. The van der Waals surface area contributed by atoms with E-state index < -0.39 is 29.6 Å². The highest BCUT2D eigenvalue weighted by Gasteiger charge is 2.18. The van der Waals surface area contributed by atoms with E-state index in [9.17, 15) is 23.5 Å². The lowest BCUT2D eigenvalue weighted by Crippen LogP contribution is -2.33. The van der Waals surface area contributed by atoms with Crippen LogP contribution in [0.2, 0.25) is 0 Å². The molecule has 0 saturated heterocycles. The maximum Gasteiger partial charge on any atom is 0.257 e. The largest absolute Gasteiger partial charge is 0.396 e. The number of aliphatic hydroxyl groups is 1. The summed E-state index contributed by atoms with van der Waals surface area (Å²) in [5, 5.41) is 11.7. The summed E-state index contributed by atoms with van der Waals surface area (Å²) in [7, 11) is 0. The summed E-state index contributed by atoms with van der Waals surface area (Å²) in [5.41, 5.74) is 0.419. The van der Waals surface area contributed by atoms with Gasteiger partial charge in [-0.05, 0) is 31.2 Å². The smallest absolute Gasteiger partial charge is 0.257 e. The van der Waals surface area contributed by atoms with Gasteiger partial charge in [0, 0.05) is 29.8 Å². The lowest BCUT2D eigenvalue weighted by Gasteiger charge is -2.16. The van der Waals surface area contributed by atoms with Crippen LogP contribution >= 0.6 is 0 Å². The standard InChI is InChI=1S/C21H19F2N3O3/c1-13-16(9-10-27)21(29)26(20(24-13)14-5-4-6-15(22)11-14)12-19(28)25-18-8-3-2-7-17(18)23/h2-8,11,27H,9-10,12H2,1H3,(H,25,28). The number of para-hydroxylation sites is 1. The molecule has 3 rings (SSSR count). The van der Waals surface area contributed by atoms with E-state index in [1.807, 2.05) is 0 Å². The number of halogens is 2. The van der Waals surface area contributed by atoms with Crippen molar-refractivity contribution in [3.8, 4) is 11.4 Å². The normalized spacial score (nSPS) is 10.8. The summed E-state index contributed by atoms with van der Waals surface area (Å²) in [5.74, 6) is -1.66. The average Bonchev–Trinajstić information content (AvgIpc) is 2.69. The van der Waals surface area contributed by atoms with Gasteiger partial charge in [0.25, 0.3) is 5.56 Å². The number of amides is 1. The van der Waals surface area contributed by atoms with Gasteiger partial charge in [0.05, 0.1) is 5.69 Å². The third-order valence-corrected chi connectivity index (χ3v) is 4.36. The van der Waals surface area contributed by atoms with Gasteiger partial charge in [-0.15, -0.1) is 0 Å². The second kappa shape index (κ2) is 8.74. The van der Waals surface area contributed by atoms with Crippen molar-refractivity contribution in [2.45, 2.75) is 19.9 Å². The Hall–Kier alpha value is -3.39. The molecule has 3 aromatic rings. The number of anilines is 1. The van der Waals surface area contributed by atoms with E-state index >= 15 is 0 Å². The highest BCUT2D eigenvalue weighted by molar-refractivity contribution is 5.91. The SMILES string of the molecule is Cc1nc(-c2cccc(F)c2)n(CC(=O)Nc2ccccc2F)c(=O)c1CCO. The first-order valence-corrected chi connectivity index (χ1v) is 8.92. The lowest BCUT2D eigenvalue weighted by molar-refractivity contribution is -0.116. The van der Waals surface area contributed by atoms with Gasteiger partial charge in [-0.25, -0.2) is 13.8 Å². The number of aromatic nitrogens is 2. The van der Waals surface area contributed by atoms with E-state index in [4.69, 9.17) is 0 Å². The Morgan fingerprint density at radius 2 is 1.93 bits per heavy atom. The molecule has 0 saturated carbocycles. The van der Waals surface area contributed by atoms with Crippen LogP contribution in [-0.4, -0.2) is 27.2 Å². The first-order chi connectivity index (χ1) is 13.9. The number of aliphatic hydroxyl groups excluding tert-OH is 1. The van der Waals surface area contributed by atoms with Crippen molar-refractivity contribution in [1.82, 2.24) is 9.55 Å². The Balaban J connectivity index is 2.05. The highest BCUT2D eigenvalue weighted by atomic mass is 19.1. The molecule has 0 atom stereocenters. The number of carbonyl (C=O) groups is 1. The molecule has 29 heavy (non-hydrogen) atoms. The molecule has 0 spiro atoms. The fraction of sp³-hybridized carbons (Fsp3) is 0.190. The minimum Gasteiger partial charge on any atom is -0.396 e. The van der Waals surface area contributed by atoms with Crippen molar-refractivity contribution in [3.63, 3.8) is 0 Å². The number of nitrogens with one attached hydrogen (secondary N) is 1. The van der Waals surface area contributed by atoms with E-state index in [1.165, 1.54) is 36.4 Å². The van der Waals surface area contributed by atoms with Crippen LogP contribution in [0, 0.1) is 18.6 Å². The van der Waals surface area contributed by atoms with Crippen LogP contribution in [0.4, 0.5) is 14.5 Å². The molecule has 0 fully saturated rings. The fourth-order valence-corrected chi connectivity index (χ4v) is 2.99. The first kappa shape index (κ1) is 20.3. The molecule has 6 nitrogen and oxygen atoms in total. The minimum absolute atomic E-state index is 0.0199. The topological polar surface area (TPSA) is 84.2 Å². The van der Waals surface area contributed by atoms with E-state index in [0.717, 1.165) is 4.57 Å². The van der Waals surface area contributed by atoms with Gasteiger partial charge in [0.2, 0.25) is 5.91 Å². The van der Waals surface area contributed by atoms with Crippen molar-refractivity contribution in [2.24, 2.45) is 0 Å². The van der Waals surface area contributed by atoms with Crippen LogP contribution in [0.15, 0.2) is 53.3 Å². The summed E-state index contributed by atoms with van der Waals surface area (Å²) >= 11 is 0. The monoisotopic (exact) mass is 399 g/mol. The molecular formula is C21H19F2N3O3. The lowest BCUT2D eigenvalue weighted by atomic mass is 10.1. The van der Waals surface area contributed by atoms with Gasteiger partial charge >= 0.3 is 0 Å². The maximum atomic E-state index is 13.8. The van der Waals surface area contributed by atoms with Crippen molar-refractivity contribution in [3.05, 3.63) is 81.8 Å². The second-order valence-electron chi connectivity index (χ2n) is 6.40. The zero-order valence-corrected chi connectivity index (χ0v) is 15.7. The first-order valence-electron chi connectivity index (χ1n) is 8.92. The van der Waals surface area contributed by atoms with E-state index in [0.29, 0.717) is 11.3 Å². The molecular weight excluding hydrogens is 380 g/mol. The van der Waals surface area contributed by atoms with Gasteiger partial charge < -0.3 is 10.4 Å². The Morgan fingerprint density at radius 3 is 2.62 bits per heavy atom. The van der Waals surface area contributed by atoms with E-state index in [2.05, 4.69) is 10.3 Å². The predicted octanol–water partition coefficient (Wildman–Crippen LogP) is 2.67. The fourth-order valence-electron chi connectivity index (χ4n) is 2.99. The summed E-state index contributed by atoms with van der Waals surface area (Å²) in [6.07, 6.45) is 0.0655. The van der Waals surface area contributed by atoms with Crippen LogP contribution in [0.5, 0.6) is 0 Å². The highest BCUT2D eigenvalue weighted by Crippen LogP contribution is 2.19. The summed E-state index contributed by atoms with van der Waals surface area (Å²) in [6.45, 7) is 0.891. The quantitative estimate of drug-likeness (QED) is 0.668. The third-order valence-electron chi connectivity index (χ3n) is 4.36. The molecule has 0 aliphatic carbocycles. The maximum absolute atomic E-state index is 13.8. The van der Waals surface area contributed by atoms with Gasteiger partial charge in [0.15, 0.2) is 0 Å². The Kier molecular flexibility index (Phi) is 6.13. The number of carbonyl (C=O) groups excluding carboxylic acids is 1. The predicted molar refractivity (Wildman–Crippen MR) is 104 cm³/mol. The van der Waals surface area contributed by atoms with Crippen LogP contribution in [0.1, 0.15) is 11.3 Å². The zero-order valence-electron chi connectivity index (χ0n) is 15.7. The summed E-state index contributed by atoms with van der Waals surface area (Å²) < 4.78 is 28.6. The molecule has 0 aliphatic heterocycles. The van der Waals surface area contributed by atoms with Gasteiger partial charge in [-0.1, -0.05) is 24.3 Å². The van der Waals surface area contributed by atoms with Crippen LogP contribution in [-0.2, 0) is 17.8 Å². The van der Waals surface area contributed by atoms with E-state index in [-0.39, 0.29) is 30.1 Å².